The average molecular weight is 403 g/mol. The van der Waals surface area contributed by atoms with E-state index < -0.39 is 11.9 Å². The minimum Gasteiger partial charge on any atom is -0.478 e. The van der Waals surface area contributed by atoms with Crippen LogP contribution in [0.1, 0.15) is 20.7 Å². The third-order valence-electron chi connectivity index (χ3n) is 2.45. The Labute approximate surface area is 133 Å². The molecule has 1 aromatic carbocycles. The maximum atomic E-state index is 12.0. The van der Waals surface area contributed by atoms with Crippen LogP contribution < -0.4 is 5.32 Å². The molecule has 7 heteroatoms. The first-order chi connectivity index (χ1) is 9.49. The van der Waals surface area contributed by atoms with Crippen LogP contribution in [0.25, 0.3) is 0 Å². The number of hydrogen-bond donors (Lipinski definition) is 2. The van der Waals surface area contributed by atoms with Gasteiger partial charge in [0.2, 0.25) is 0 Å². The van der Waals surface area contributed by atoms with E-state index in [4.69, 9.17) is 16.7 Å². The van der Waals surface area contributed by atoms with Crippen LogP contribution in [0.5, 0.6) is 0 Å². The molecule has 5 nitrogen and oxygen atoms in total. The first kappa shape index (κ1) is 14.7. The fourth-order valence-corrected chi connectivity index (χ4v) is 2.01. The van der Waals surface area contributed by atoms with Crippen molar-refractivity contribution in [2.75, 3.05) is 5.32 Å². The summed E-state index contributed by atoms with van der Waals surface area (Å²) in [6.45, 7) is 0. The number of anilines is 1. The molecule has 2 N–H and O–H groups in total. The van der Waals surface area contributed by atoms with Gasteiger partial charge in [-0.3, -0.25) is 4.79 Å². The number of nitrogens with one attached hydrogen (secondary N) is 1. The van der Waals surface area contributed by atoms with Crippen LogP contribution in [0, 0.1) is 3.57 Å². The molecule has 2 rings (SSSR count). The molecule has 2 aromatic rings. The lowest BCUT2D eigenvalue weighted by molar-refractivity contribution is 0.0697. The van der Waals surface area contributed by atoms with Crippen molar-refractivity contribution in [2.24, 2.45) is 0 Å². The van der Waals surface area contributed by atoms with Gasteiger partial charge in [-0.05, 0) is 52.9 Å². The Morgan fingerprint density at radius 2 is 2.05 bits per heavy atom. The molecule has 0 aliphatic rings. The molecular formula is C13H8ClIN2O3. The fraction of sp³-hybridized carbons (Fsp3) is 0. The lowest BCUT2D eigenvalue weighted by Crippen LogP contribution is -2.16. The summed E-state index contributed by atoms with van der Waals surface area (Å²) in [4.78, 5) is 26.9. The first-order valence-corrected chi connectivity index (χ1v) is 6.89. The quantitative estimate of drug-likeness (QED) is 0.772. The molecular weight excluding hydrogens is 395 g/mol. The molecule has 0 saturated carbocycles. The first-order valence-electron chi connectivity index (χ1n) is 5.44. The zero-order valence-corrected chi connectivity index (χ0v) is 12.8. The smallest absolute Gasteiger partial charge is 0.339 e. The van der Waals surface area contributed by atoms with Gasteiger partial charge in [0, 0.05) is 15.3 Å². The second-order valence-corrected chi connectivity index (χ2v) is 5.36. The van der Waals surface area contributed by atoms with E-state index in [9.17, 15) is 9.59 Å². The minimum absolute atomic E-state index is 0.000303. The second kappa shape index (κ2) is 6.19. The highest BCUT2D eigenvalue weighted by molar-refractivity contribution is 14.1. The van der Waals surface area contributed by atoms with Crippen molar-refractivity contribution in [2.45, 2.75) is 0 Å². The number of pyridine rings is 1. The Hall–Kier alpha value is -1.67. The van der Waals surface area contributed by atoms with Crippen LogP contribution in [-0.4, -0.2) is 22.0 Å². The van der Waals surface area contributed by atoms with Crippen LogP contribution >= 0.6 is 34.2 Å². The predicted molar refractivity (Wildman–Crippen MR) is 83.3 cm³/mol. The number of carbonyl (C=O) groups is 2. The van der Waals surface area contributed by atoms with Gasteiger partial charge in [0.25, 0.3) is 5.91 Å². The summed E-state index contributed by atoms with van der Waals surface area (Å²) >= 11 is 7.99. The summed E-state index contributed by atoms with van der Waals surface area (Å²) in [5, 5.41) is 11.9. The molecule has 0 unspecified atom stereocenters. The summed E-state index contributed by atoms with van der Waals surface area (Å²) in [5.74, 6) is -1.63. The number of aromatic carboxylic acids is 1. The SMILES string of the molecule is O=C(Nc1ncccc1C(=O)O)c1ccc(I)c(Cl)c1. The van der Waals surface area contributed by atoms with Crippen molar-refractivity contribution in [3.63, 3.8) is 0 Å². The van der Waals surface area contributed by atoms with E-state index in [1.165, 1.54) is 24.4 Å². The molecule has 1 amide bonds. The maximum Gasteiger partial charge on any atom is 0.339 e. The monoisotopic (exact) mass is 402 g/mol. The van der Waals surface area contributed by atoms with Gasteiger partial charge < -0.3 is 10.4 Å². The maximum absolute atomic E-state index is 12.0. The number of hydrogen-bond acceptors (Lipinski definition) is 3. The molecule has 20 heavy (non-hydrogen) atoms. The summed E-state index contributed by atoms with van der Waals surface area (Å²) in [7, 11) is 0. The highest BCUT2D eigenvalue weighted by Crippen LogP contribution is 2.20. The highest BCUT2D eigenvalue weighted by atomic mass is 127. The molecule has 0 atom stereocenters. The van der Waals surface area contributed by atoms with Gasteiger partial charge in [-0.2, -0.15) is 0 Å². The van der Waals surface area contributed by atoms with E-state index in [0.717, 1.165) is 3.57 Å². The fourth-order valence-electron chi connectivity index (χ4n) is 1.49. The van der Waals surface area contributed by atoms with Crippen molar-refractivity contribution >= 4 is 51.9 Å². The van der Waals surface area contributed by atoms with E-state index in [0.29, 0.717) is 10.6 Å². The number of amides is 1. The van der Waals surface area contributed by atoms with Gasteiger partial charge in [-0.1, -0.05) is 11.6 Å². The highest BCUT2D eigenvalue weighted by Gasteiger charge is 2.14. The van der Waals surface area contributed by atoms with E-state index >= 15 is 0 Å². The molecule has 1 aromatic heterocycles. The van der Waals surface area contributed by atoms with Crippen molar-refractivity contribution < 1.29 is 14.7 Å². The van der Waals surface area contributed by atoms with Gasteiger partial charge in [0.1, 0.15) is 11.4 Å². The molecule has 1 heterocycles. The van der Waals surface area contributed by atoms with E-state index in [1.54, 1.807) is 12.1 Å². The average Bonchev–Trinajstić information content (AvgIpc) is 2.42. The number of carboxylic acids is 1. The van der Waals surface area contributed by atoms with Gasteiger partial charge >= 0.3 is 5.97 Å². The Balaban J connectivity index is 2.28. The molecule has 0 aliphatic heterocycles. The van der Waals surface area contributed by atoms with Gasteiger partial charge in [0.15, 0.2) is 0 Å². The van der Waals surface area contributed by atoms with Crippen LogP contribution in [0.4, 0.5) is 5.82 Å². The van der Waals surface area contributed by atoms with Crippen molar-refractivity contribution in [1.82, 2.24) is 4.98 Å². The second-order valence-electron chi connectivity index (χ2n) is 3.79. The Morgan fingerprint density at radius 3 is 2.70 bits per heavy atom. The number of benzene rings is 1. The lowest BCUT2D eigenvalue weighted by atomic mass is 10.2. The minimum atomic E-state index is -1.16. The standard InChI is InChI=1S/C13H8ClIN2O3/c14-9-6-7(3-4-10(9)15)12(18)17-11-8(13(19)20)2-1-5-16-11/h1-6H,(H,19,20)(H,16,17,18). The molecule has 0 aliphatic carbocycles. The molecule has 0 bridgehead atoms. The number of nitrogens with zero attached hydrogens (tertiary/aromatic N) is 1. The number of aromatic nitrogens is 1. The third-order valence-corrected chi connectivity index (χ3v) is 4.02. The largest absolute Gasteiger partial charge is 0.478 e. The van der Waals surface area contributed by atoms with Crippen LogP contribution in [0.2, 0.25) is 5.02 Å². The van der Waals surface area contributed by atoms with Crippen LogP contribution in [0.15, 0.2) is 36.5 Å². The van der Waals surface area contributed by atoms with Gasteiger partial charge in [-0.25, -0.2) is 9.78 Å². The van der Waals surface area contributed by atoms with Crippen LogP contribution in [-0.2, 0) is 0 Å². The summed E-state index contributed by atoms with van der Waals surface area (Å²) in [6, 6.07) is 7.68. The van der Waals surface area contributed by atoms with E-state index in [-0.39, 0.29) is 11.4 Å². The molecule has 0 spiro atoms. The zero-order valence-electron chi connectivity index (χ0n) is 9.93. The number of rotatable bonds is 3. The number of halogens is 2. The summed E-state index contributed by atoms with van der Waals surface area (Å²) in [5.41, 5.74) is 0.259. The summed E-state index contributed by atoms with van der Waals surface area (Å²) < 4.78 is 0.824. The zero-order chi connectivity index (χ0) is 14.7. The number of carboxylic acid groups (broad SMARTS) is 1. The van der Waals surface area contributed by atoms with E-state index in [2.05, 4.69) is 10.3 Å². The molecule has 0 fully saturated rings. The third kappa shape index (κ3) is 3.26. The van der Waals surface area contributed by atoms with Crippen LogP contribution in [0.3, 0.4) is 0 Å². The molecule has 0 saturated heterocycles. The van der Waals surface area contributed by atoms with Crippen molar-refractivity contribution in [1.29, 1.82) is 0 Å². The Bertz CT molecular complexity index is 691. The van der Waals surface area contributed by atoms with E-state index in [1.807, 2.05) is 22.6 Å². The lowest BCUT2D eigenvalue weighted by Gasteiger charge is -2.07. The molecule has 0 radical (unpaired) electrons. The topological polar surface area (TPSA) is 79.3 Å². The Morgan fingerprint density at radius 1 is 1.30 bits per heavy atom. The Kier molecular flexibility index (Phi) is 4.56. The molecule has 102 valence electrons. The van der Waals surface area contributed by atoms with Gasteiger partial charge in [-0.15, -0.1) is 0 Å². The summed E-state index contributed by atoms with van der Waals surface area (Å²) in [6.07, 6.45) is 1.41. The van der Waals surface area contributed by atoms with Crippen molar-refractivity contribution in [3.05, 3.63) is 56.2 Å². The normalized spacial score (nSPS) is 10.1. The number of carbonyl (C=O) groups excluding carboxylic acids is 1. The van der Waals surface area contributed by atoms with Crippen molar-refractivity contribution in [3.8, 4) is 0 Å². The predicted octanol–water partition coefficient (Wildman–Crippen LogP) is 3.29. The van der Waals surface area contributed by atoms with Gasteiger partial charge in [0.05, 0.1) is 5.02 Å².